The minimum Gasteiger partial charge on any atom is -0.330 e. The lowest BCUT2D eigenvalue weighted by Gasteiger charge is -1.93. The van der Waals surface area contributed by atoms with E-state index >= 15 is 0 Å². The number of hydrogen-bond acceptors (Lipinski definition) is 3. The molecule has 0 bridgehead atoms. The highest BCUT2D eigenvalue weighted by atomic mass is 32.1. The van der Waals surface area contributed by atoms with Crippen LogP contribution < -0.4 is 5.73 Å². The fourth-order valence-corrected chi connectivity index (χ4v) is 2.22. The lowest BCUT2D eigenvalue weighted by Crippen LogP contribution is -2.00. The van der Waals surface area contributed by atoms with Crippen molar-refractivity contribution in [2.24, 2.45) is 5.73 Å². The third kappa shape index (κ3) is 2.00. The van der Waals surface area contributed by atoms with Gasteiger partial charge in [0.2, 0.25) is 0 Å². The molecule has 0 unspecified atom stereocenters. The van der Waals surface area contributed by atoms with E-state index in [2.05, 4.69) is 16.4 Å². The quantitative estimate of drug-likeness (QED) is 0.833. The topological polar surface area (TPSA) is 38.9 Å². The Kier molecular flexibility index (Phi) is 2.91. The zero-order valence-corrected chi connectivity index (χ0v) is 8.63. The van der Waals surface area contributed by atoms with Gasteiger partial charge in [-0.25, -0.2) is 0 Å². The van der Waals surface area contributed by atoms with Gasteiger partial charge >= 0.3 is 0 Å². The second-order valence-electron chi connectivity index (χ2n) is 3.06. The largest absolute Gasteiger partial charge is 0.330 e. The Labute approximate surface area is 87.4 Å². The fraction of sp³-hybridized carbons (Fsp3) is 0.182. The van der Waals surface area contributed by atoms with Crippen LogP contribution in [0.4, 0.5) is 0 Å². The highest BCUT2D eigenvalue weighted by Gasteiger charge is 2.01. The molecule has 0 aliphatic carbocycles. The molecule has 2 N–H and O–H groups in total. The van der Waals surface area contributed by atoms with Gasteiger partial charge in [0.25, 0.3) is 0 Å². The number of hydrogen-bond donors (Lipinski definition) is 1. The average Bonchev–Trinajstić information content (AvgIpc) is 2.68. The molecule has 0 atom stereocenters. The number of aromatic nitrogens is 1. The standard InChI is InChI=1S/C11H12N2S/c12-5-4-10-7-9(8-14-10)11-3-1-2-6-13-11/h1-3,6-8H,4-5,12H2. The Morgan fingerprint density at radius 3 is 3.00 bits per heavy atom. The van der Waals surface area contributed by atoms with E-state index < -0.39 is 0 Å². The van der Waals surface area contributed by atoms with Gasteiger partial charge in [-0.3, -0.25) is 4.98 Å². The zero-order chi connectivity index (χ0) is 9.80. The van der Waals surface area contributed by atoms with Gasteiger partial charge in [0.05, 0.1) is 5.69 Å². The van der Waals surface area contributed by atoms with Crippen molar-refractivity contribution in [2.45, 2.75) is 6.42 Å². The summed E-state index contributed by atoms with van der Waals surface area (Å²) in [4.78, 5) is 5.62. The summed E-state index contributed by atoms with van der Waals surface area (Å²) >= 11 is 1.75. The molecule has 3 heteroatoms. The van der Waals surface area contributed by atoms with Gasteiger partial charge < -0.3 is 5.73 Å². The molecular weight excluding hydrogens is 192 g/mol. The Morgan fingerprint density at radius 1 is 1.36 bits per heavy atom. The maximum absolute atomic E-state index is 5.50. The molecule has 2 nitrogen and oxygen atoms in total. The van der Waals surface area contributed by atoms with Crippen molar-refractivity contribution < 1.29 is 0 Å². The van der Waals surface area contributed by atoms with Crippen molar-refractivity contribution in [3.8, 4) is 11.3 Å². The third-order valence-corrected chi connectivity index (χ3v) is 3.00. The summed E-state index contributed by atoms with van der Waals surface area (Å²) in [6.45, 7) is 0.710. The first-order chi connectivity index (χ1) is 6.90. The van der Waals surface area contributed by atoms with Crippen LogP contribution in [0.3, 0.4) is 0 Å². The van der Waals surface area contributed by atoms with Crippen molar-refractivity contribution in [2.75, 3.05) is 6.54 Å². The maximum atomic E-state index is 5.50. The summed E-state index contributed by atoms with van der Waals surface area (Å²) in [7, 11) is 0. The molecule has 0 radical (unpaired) electrons. The van der Waals surface area contributed by atoms with Gasteiger partial charge in [0.15, 0.2) is 0 Å². The van der Waals surface area contributed by atoms with Crippen molar-refractivity contribution in [3.63, 3.8) is 0 Å². The van der Waals surface area contributed by atoms with E-state index in [1.54, 1.807) is 11.3 Å². The van der Waals surface area contributed by atoms with Gasteiger partial charge in [0, 0.05) is 22.0 Å². The second-order valence-corrected chi connectivity index (χ2v) is 4.05. The molecule has 14 heavy (non-hydrogen) atoms. The van der Waals surface area contributed by atoms with Crippen LogP contribution in [0.1, 0.15) is 4.88 Å². The minimum absolute atomic E-state index is 0.710. The molecule has 0 aliphatic heterocycles. The van der Waals surface area contributed by atoms with Gasteiger partial charge in [-0.15, -0.1) is 11.3 Å². The van der Waals surface area contributed by atoms with Gasteiger partial charge in [0.1, 0.15) is 0 Å². The van der Waals surface area contributed by atoms with Crippen LogP contribution in [-0.4, -0.2) is 11.5 Å². The van der Waals surface area contributed by atoms with E-state index in [1.807, 2.05) is 24.4 Å². The Morgan fingerprint density at radius 2 is 2.29 bits per heavy atom. The Hall–Kier alpha value is -1.19. The monoisotopic (exact) mass is 204 g/mol. The average molecular weight is 204 g/mol. The highest BCUT2D eigenvalue weighted by Crippen LogP contribution is 2.23. The Bertz CT molecular complexity index is 395. The van der Waals surface area contributed by atoms with Crippen LogP contribution in [-0.2, 0) is 6.42 Å². The van der Waals surface area contributed by atoms with Crippen LogP contribution >= 0.6 is 11.3 Å². The number of nitrogens with zero attached hydrogens (tertiary/aromatic N) is 1. The molecule has 0 aromatic carbocycles. The molecule has 0 spiro atoms. The van der Waals surface area contributed by atoms with E-state index in [-0.39, 0.29) is 0 Å². The maximum Gasteiger partial charge on any atom is 0.0710 e. The van der Waals surface area contributed by atoms with Crippen LogP contribution in [0.15, 0.2) is 35.8 Å². The number of rotatable bonds is 3. The molecule has 2 aromatic heterocycles. The number of thiophene rings is 1. The molecule has 0 fully saturated rings. The lowest BCUT2D eigenvalue weighted by molar-refractivity contribution is 0.989. The van der Waals surface area contributed by atoms with Gasteiger partial charge in [-0.1, -0.05) is 6.07 Å². The zero-order valence-electron chi connectivity index (χ0n) is 7.81. The minimum atomic E-state index is 0.710. The lowest BCUT2D eigenvalue weighted by atomic mass is 10.2. The molecule has 0 saturated heterocycles. The molecule has 0 saturated carbocycles. The first-order valence-electron chi connectivity index (χ1n) is 4.59. The number of pyridine rings is 1. The molecule has 2 heterocycles. The van der Waals surface area contributed by atoms with E-state index in [1.165, 1.54) is 10.4 Å². The third-order valence-electron chi connectivity index (χ3n) is 2.01. The van der Waals surface area contributed by atoms with Crippen molar-refractivity contribution in [1.82, 2.24) is 4.98 Å². The smallest absolute Gasteiger partial charge is 0.0710 e. The van der Waals surface area contributed by atoms with Crippen molar-refractivity contribution in [3.05, 3.63) is 40.7 Å². The van der Waals surface area contributed by atoms with Gasteiger partial charge in [-0.05, 0) is 31.2 Å². The predicted molar refractivity (Wildman–Crippen MR) is 60.3 cm³/mol. The second kappa shape index (κ2) is 4.35. The van der Waals surface area contributed by atoms with Crippen molar-refractivity contribution >= 4 is 11.3 Å². The van der Waals surface area contributed by atoms with E-state index in [0.717, 1.165) is 12.1 Å². The molecule has 0 aliphatic rings. The summed E-state index contributed by atoms with van der Waals surface area (Å²) in [5.41, 5.74) is 7.73. The van der Waals surface area contributed by atoms with Crippen LogP contribution in [0.25, 0.3) is 11.3 Å². The van der Waals surface area contributed by atoms with Crippen LogP contribution in [0.5, 0.6) is 0 Å². The summed E-state index contributed by atoms with van der Waals surface area (Å²) in [5, 5.41) is 2.13. The van der Waals surface area contributed by atoms with Gasteiger partial charge in [-0.2, -0.15) is 0 Å². The molecule has 0 amide bonds. The first-order valence-corrected chi connectivity index (χ1v) is 5.47. The van der Waals surface area contributed by atoms with Crippen molar-refractivity contribution in [1.29, 1.82) is 0 Å². The Balaban J connectivity index is 2.25. The fourth-order valence-electron chi connectivity index (χ4n) is 1.32. The summed E-state index contributed by atoms with van der Waals surface area (Å²) < 4.78 is 0. The van der Waals surface area contributed by atoms with Crippen LogP contribution in [0, 0.1) is 0 Å². The summed E-state index contributed by atoms with van der Waals surface area (Å²) in [5.74, 6) is 0. The molecule has 72 valence electrons. The van der Waals surface area contributed by atoms with E-state index in [9.17, 15) is 0 Å². The summed E-state index contributed by atoms with van der Waals surface area (Å²) in [6, 6.07) is 8.12. The van der Waals surface area contributed by atoms with E-state index in [4.69, 9.17) is 5.73 Å². The molecule has 2 rings (SSSR count). The molecule has 2 aromatic rings. The predicted octanol–water partition coefficient (Wildman–Crippen LogP) is 2.31. The first kappa shape index (κ1) is 9.37. The number of nitrogens with two attached hydrogens (primary N) is 1. The highest BCUT2D eigenvalue weighted by molar-refractivity contribution is 7.10. The SMILES string of the molecule is NCCc1cc(-c2ccccn2)cs1. The summed E-state index contributed by atoms with van der Waals surface area (Å²) in [6.07, 6.45) is 2.77. The van der Waals surface area contributed by atoms with E-state index in [0.29, 0.717) is 6.54 Å². The van der Waals surface area contributed by atoms with Crippen LogP contribution in [0.2, 0.25) is 0 Å². The normalized spacial score (nSPS) is 10.4. The molecular formula is C11H12N2S.